The van der Waals surface area contributed by atoms with Crippen LogP contribution >= 0.6 is 11.8 Å². The molecule has 0 saturated heterocycles. The number of hydrogen-bond acceptors (Lipinski definition) is 7. The third kappa shape index (κ3) is 4.15. The molecule has 0 aliphatic carbocycles. The van der Waals surface area contributed by atoms with Gasteiger partial charge in [0.15, 0.2) is 0 Å². The summed E-state index contributed by atoms with van der Waals surface area (Å²) >= 11 is 1.09. The quantitative estimate of drug-likeness (QED) is 0.402. The number of carbonyl (C=O) groups is 2. The van der Waals surface area contributed by atoms with E-state index in [9.17, 15) is 19.7 Å². The van der Waals surface area contributed by atoms with Crippen LogP contribution in [0.25, 0.3) is 5.57 Å². The molecule has 1 aliphatic heterocycles. The van der Waals surface area contributed by atoms with Crippen molar-refractivity contribution in [3.05, 3.63) is 74.7 Å². The Morgan fingerprint density at radius 1 is 1.10 bits per heavy atom. The second-order valence-corrected chi connectivity index (χ2v) is 7.19. The van der Waals surface area contributed by atoms with Crippen molar-refractivity contribution in [1.82, 2.24) is 4.90 Å². The molecule has 2 aromatic carbocycles. The molecule has 2 amide bonds. The van der Waals surface area contributed by atoms with E-state index in [1.54, 1.807) is 24.3 Å². The molecule has 0 spiro atoms. The highest BCUT2D eigenvalue weighted by Crippen LogP contribution is 2.37. The lowest BCUT2D eigenvalue weighted by Gasteiger charge is -2.17. The molecule has 1 aliphatic rings. The lowest BCUT2D eigenvalue weighted by atomic mass is 10.1. The first-order valence-corrected chi connectivity index (χ1v) is 9.67. The summed E-state index contributed by atoms with van der Waals surface area (Å²) in [5.74, 6) is -0.155. The van der Waals surface area contributed by atoms with Gasteiger partial charge in [-0.25, -0.2) is 0 Å². The lowest BCUT2D eigenvalue weighted by molar-refractivity contribution is -0.384. The molecule has 0 radical (unpaired) electrons. The van der Waals surface area contributed by atoms with E-state index in [1.165, 1.54) is 31.4 Å². The first kappa shape index (κ1) is 20.6. The maximum atomic E-state index is 13.1. The predicted molar refractivity (Wildman–Crippen MR) is 108 cm³/mol. The number of ether oxygens (including phenoxy) is 1. The van der Waals surface area contributed by atoms with Crippen LogP contribution in [0.1, 0.15) is 11.1 Å². The second kappa shape index (κ2) is 8.89. The predicted octanol–water partition coefficient (Wildman–Crippen LogP) is 2.61. The summed E-state index contributed by atoms with van der Waals surface area (Å²) in [4.78, 5) is 37.8. The second-order valence-electron chi connectivity index (χ2n) is 6.09. The molecule has 0 saturated carbocycles. The van der Waals surface area contributed by atoms with Crippen molar-refractivity contribution in [2.45, 2.75) is 6.54 Å². The minimum atomic E-state index is -0.533. The number of non-ortho nitro benzene ring substituents is 1. The molecular formula is C20H18N2O6S. The summed E-state index contributed by atoms with van der Waals surface area (Å²) in [7, 11) is 1.51. The Kier molecular flexibility index (Phi) is 6.30. The number of thioether (sulfide) groups is 1. The number of benzene rings is 2. The Morgan fingerprint density at radius 2 is 1.79 bits per heavy atom. The van der Waals surface area contributed by atoms with Crippen LogP contribution in [-0.2, 0) is 16.1 Å². The van der Waals surface area contributed by atoms with E-state index >= 15 is 0 Å². The van der Waals surface area contributed by atoms with E-state index in [2.05, 4.69) is 0 Å². The Bertz CT molecular complexity index is 987. The van der Waals surface area contributed by atoms with Gasteiger partial charge in [0, 0.05) is 23.4 Å². The van der Waals surface area contributed by atoms with Gasteiger partial charge in [0.25, 0.3) is 17.5 Å². The zero-order valence-corrected chi connectivity index (χ0v) is 16.3. The molecule has 0 unspecified atom stereocenters. The number of hydrogen-bond donors (Lipinski definition) is 1. The number of carbonyl (C=O) groups excluding carboxylic acids is 2. The molecule has 0 fully saturated rings. The minimum Gasteiger partial charge on any atom is -0.496 e. The molecule has 0 bridgehead atoms. The molecule has 9 heteroatoms. The van der Waals surface area contributed by atoms with E-state index in [-0.39, 0.29) is 35.1 Å². The number of nitro groups is 1. The largest absolute Gasteiger partial charge is 0.496 e. The number of amides is 2. The maximum absolute atomic E-state index is 13.1. The summed E-state index contributed by atoms with van der Waals surface area (Å²) in [6.45, 7) is -0.128. The third-order valence-electron chi connectivity index (χ3n) is 4.35. The molecule has 1 N–H and O–H groups in total. The molecule has 150 valence electrons. The van der Waals surface area contributed by atoms with Gasteiger partial charge in [-0.2, -0.15) is 0 Å². The molecule has 29 heavy (non-hydrogen) atoms. The third-order valence-corrected chi connectivity index (χ3v) is 5.41. The first-order valence-electron chi connectivity index (χ1n) is 8.68. The van der Waals surface area contributed by atoms with Gasteiger partial charge >= 0.3 is 0 Å². The first-order chi connectivity index (χ1) is 14.0. The molecule has 2 aromatic rings. The molecular weight excluding hydrogens is 396 g/mol. The topological polar surface area (TPSA) is 110 Å². The average Bonchev–Trinajstić information content (AvgIpc) is 2.96. The zero-order valence-electron chi connectivity index (χ0n) is 15.5. The number of nitrogens with zero attached hydrogens (tertiary/aromatic N) is 2. The Labute approximate surface area is 170 Å². The van der Waals surface area contributed by atoms with Crippen LogP contribution in [0.2, 0.25) is 0 Å². The number of para-hydroxylation sites is 1. The zero-order chi connectivity index (χ0) is 21.0. The average molecular weight is 414 g/mol. The number of nitro benzene ring substituents is 1. The highest BCUT2D eigenvalue weighted by Gasteiger charge is 2.39. The van der Waals surface area contributed by atoms with Crippen molar-refractivity contribution >= 4 is 34.8 Å². The summed E-state index contributed by atoms with van der Waals surface area (Å²) in [6, 6.07) is 12.6. The van der Waals surface area contributed by atoms with Crippen molar-refractivity contribution in [1.29, 1.82) is 0 Å². The van der Waals surface area contributed by atoms with Crippen LogP contribution in [0.3, 0.4) is 0 Å². The van der Waals surface area contributed by atoms with Crippen LogP contribution in [0.4, 0.5) is 5.69 Å². The van der Waals surface area contributed by atoms with Gasteiger partial charge in [-0.15, -0.1) is 11.8 Å². The van der Waals surface area contributed by atoms with Gasteiger partial charge in [0.2, 0.25) is 0 Å². The van der Waals surface area contributed by atoms with Gasteiger partial charge in [-0.3, -0.25) is 24.6 Å². The van der Waals surface area contributed by atoms with E-state index < -0.39 is 16.7 Å². The fraction of sp³-hybridized carbons (Fsp3) is 0.200. The number of methoxy groups -OCH3 is 1. The fourth-order valence-electron chi connectivity index (χ4n) is 2.99. The van der Waals surface area contributed by atoms with Crippen molar-refractivity contribution in [2.24, 2.45) is 0 Å². The molecule has 1 heterocycles. The smallest absolute Gasteiger partial charge is 0.269 e. The lowest BCUT2D eigenvalue weighted by Crippen LogP contribution is -2.31. The highest BCUT2D eigenvalue weighted by atomic mass is 32.2. The number of imide groups is 1. The Balaban J connectivity index is 1.97. The number of rotatable bonds is 8. The molecule has 0 atom stereocenters. The Hall–Kier alpha value is -3.17. The number of aliphatic hydroxyl groups is 1. The molecule has 0 aromatic heterocycles. The van der Waals surface area contributed by atoms with Gasteiger partial charge in [-0.1, -0.05) is 18.2 Å². The van der Waals surface area contributed by atoms with Crippen LogP contribution in [-0.4, -0.2) is 46.2 Å². The maximum Gasteiger partial charge on any atom is 0.269 e. The van der Waals surface area contributed by atoms with Crippen LogP contribution < -0.4 is 4.74 Å². The van der Waals surface area contributed by atoms with E-state index in [0.29, 0.717) is 16.9 Å². The van der Waals surface area contributed by atoms with Crippen LogP contribution in [0.5, 0.6) is 5.75 Å². The van der Waals surface area contributed by atoms with Gasteiger partial charge in [-0.05, 0) is 23.8 Å². The summed E-state index contributed by atoms with van der Waals surface area (Å²) in [5.41, 5.74) is 1.16. The fourth-order valence-corrected chi connectivity index (χ4v) is 3.87. The normalized spacial score (nSPS) is 13.9. The van der Waals surface area contributed by atoms with E-state index in [4.69, 9.17) is 9.84 Å². The van der Waals surface area contributed by atoms with Gasteiger partial charge in [0.05, 0.1) is 35.7 Å². The number of aliphatic hydroxyl groups excluding tert-OH is 1. The molecule has 3 rings (SSSR count). The monoisotopic (exact) mass is 414 g/mol. The summed E-state index contributed by atoms with van der Waals surface area (Å²) < 4.78 is 5.30. The van der Waals surface area contributed by atoms with Crippen LogP contribution in [0, 0.1) is 10.1 Å². The highest BCUT2D eigenvalue weighted by molar-refractivity contribution is 8.04. The van der Waals surface area contributed by atoms with Gasteiger partial charge < -0.3 is 9.84 Å². The van der Waals surface area contributed by atoms with Crippen molar-refractivity contribution in [2.75, 3.05) is 19.5 Å². The van der Waals surface area contributed by atoms with E-state index in [1.807, 2.05) is 0 Å². The van der Waals surface area contributed by atoms with Crippen molar-refractivity contribution in [3.8, 4) is 5.75 Å². The SMILES string of the molecule is COc1ccccc1CN1C(=O)C(SCCO)=C(c2ccc([N+](=O)[O-])cc2)C1=O. The van der Waals surface area contributed by atoms with Crippen LogP contribution in [0.15, 0.2) is 53.4 Å². The minimum absolute atomic E-state index is 0.0291. The standard InChI is InChI=1S/C20H18N2O6S/c1-28-16-5-3-2-4-14(16)12-21-19(24)17(18(20(21)25)29-11-10-23)13-6-8-15(9-7-13)22(26)27/h2-9,23H,10-12H2,1H3. The van der Waals surface area contributed by atoms with Gasteiger partial charge in [0.1, 0.15) is 5.75 Å². The van der Waals surface area contributed by atoms with Crippen molar-refractivity contribution < 1.29 is 24.4 Å². The van der Waals surface area contributed by atoms with E-state index in [0.717, 1.165) is 16.7 Å². The molecule has 8 nitrogen and oxygen atoms in total. The summed E-state index contributed by atoms with van der Waals surface area (Å²) in [6.07, 6.45) is 0. The van der Waals surface area contributed by atoms with Crippen molar-refractivity contribution in [3.63, 3.8) is 0 Å². The Morgan fingerprint density at radius 3 is 2.41 bits per heavy atom. The summed E-state index contributed by atoms with van der Waals surface area (Å²) in [5, 5.41) is 20.0.